The average molecular weight is 478 g/mol. The fourth-order valence-electron chi connectivity index (χ4n) is 4.30. The quantitative estimate of drug-likeness (QED) is 0.657. The normalized spacial score (nSPS) is 19.5. The van der Waals surface area contributed by atoms with E-state index in [-0.39, 0.29) is 22.5 Å². The van der Waals surface area contributed by atoms with Gasteiger partial charge in [-0.2, -0.15) is 0 Å². The molecule has 4 rings (SSSR count). The van der Waals surface area contributed by atoms with E-state index in [1.54, 1.807) is 6.92 Å². The van der Waals surface area contributed by atoms with Gasteiger partial charge in [-0.1, -0.05) is 0 Å². The number of nitrogens with zero attached hydrogens (tertiary/aromatic N) is 2. The van der Waals surface area contributed by atoms with Crippen LogP contribution in [0.1, 0.15) is 37.3 Å². The number of amides is 1. The third kappa shape index (κ3) is 5.70. The molecule has 2 aliphatic rings. The third-order valence-corrected chi connectivity index (χ3v) is 7.82. The highest BCUT2D eigenvalue weighted by molar-refractivity contribution is 7.92. The Balaban J connectivity index is 1.46. The predicted octanol–water partition coefficient (Wildman–Crippen LogP) is 3.91. The second-order valence-electron chi connectivity index (χ2n) is 9.12. The molecule has 1 aliphatic heterocycles. The van der Waals surface area contributed by atoms with Crippen LogP contribution in [0.2, 0.25) is 0 Å². The van der Waals surface area contributed by atoms with Gasteiger partial charge in [-0.3, -0.25) is 14.4 Å². The molecule has 1 saturated heterocycles. The Hall–Kier alpha value is -2.52. The van der Waals surface area contributed by atoms with Crippen molar-refractivity contribution >= 4 is 21.6 Å². The van der Waals surface area contributed by atoms with E-state index in [2.05, 4.69) is 9.62 Å². The van der Waals surface area contributed by atoms with Crippen molar-refractivity contribution < 1.29 is 22.0 Å². The van der Waals surface area contributed by atoms with Crippen molar-refractivity contribution in [1.29, 1.82) is 0 Å². The molecule has 2 aromatic carbocycles. The van der Waals surface area contributed by atoms with Gasteiger partial charge in [0.15, 0.2) is 0 Å². The number of sulfonamides is 1. The minimum absolute atomic E-state index is 0.0651. The van der Waals surface area contributed by atoms with Crippen LogP contribution in [0.25, 0.3) is 0 Å². The number of piperazine rings is 1. The third-order valence-electron chi connectivity index (χ3n) is 6.43. The summed E-state index contributed by atoms with van der Waals surface area (Å²) < 4.78 is 55.4. The first-order chi connectivity index (χ1) is 15.6. The van der Waals surface area contributed by atoms with E-state index < -0.39 is 21.7 Å². The first-order valence-corrected chi connectivity index (χ1v) is 12.7. The van der Waals surface area contributed by atoms with Crippen LogP contribution in [-0.2, 0) is 21.4 Å². The molecular weight excluding hydrogens is 448 g/mol. The minimum atomic E-state index is -3.99. The number of hydrogen-bond acceptors (Lipinski definition) is 4. The molecule has 1 amide bonds. The number of nitrogens with one attached hydrogen (secondary N) is 1. The van der Waals surface area contributed by atoms with Crippen LogP contribution in [0.4, 0.5) is 14.5 Å². The zero-order valence-electron chi connectivity index (χ0n) is 18.9. The van der Waals surface area contributed by atoms with E-state index in [1.165, 1.54) is 18.2 Å². The average Bonchev–Trinajstić information content (AvgIpc) is 3.55. The molecule has 178 valence electrons. The smallest absolute Gasteiger partial charge is 0.261 e. The van der Waals surface area contributed by atoms with Gasteiger partial charge in [-0.25, -0.2) is 17.2 Å². The predicted molar refractivity (Wildman–Crippen MR) is 122 cm³/mol. The number of carbonyl (C=O) groups is 1. The molecule has 9 heteroatoms. The topological polar surface area (TPSA) is 69.7 Å². The molecule has 1 N–H and O–H groups in total. The van der Waals surface area contributed by atoms with E-state index >= 15 is 0 Å². The molecule has 0 bridgehead atoms. The lowest BCUT2D eigenvalue weighted by atomic mass is 10.0. The summed E-state index contributed by atoms with van der Waals surface area (Å²) in [6.45, 7) is 6.19. The van der Waals surface area contributed by atoms with E-state index in [0.717, 1.165) is 31.0 Å². The maximum atomic E-state index is 14.4. The van der Waals surface area contributed by atoms with Crippen LogP contribution >= 0.6 is 0 Å². The van der Waals surface area contributed by atoms with Crippen molar-refractivity contribution in [2.45, 2.75) is 50.6 Å². The monoisotopic (exact) mass is 477 g/mol. The van der Waals surface area contributed by atoms with Crippen molar-refractivity contribution in [3.8, 4) is 0 Å². The van der Waals surface area contributed by atoms with Crippen molar-refractivity contribution in [2.75, 3.05) is 24.4 Å². The largest absolute Gasteiger partial charge is 0.337 e. The SMILES string of the molecule is Cc1c(CN2CCN(C(=O)CC3CC3)[C@@H](C)C2)cc(F)cc1NS(=O)(=O)c1ccc(F)cc1. The van der Waals surface area contributed by atoms with Gasteiger partial charge in [0.05, 0.1) is 10.6 Å². The first kappa shape index (κ1) is 23.6. The van der Waals surface area contributed by atoms with E-state index in [0.29, 0.717) is 49.6 Å². The molecule has 6 nitrogen and oxygen atoms in total. The molecule has 0 unspecified atom stereocenters. The fourth-order valence-corrected chi connectivity index (χ4v) is 5.41. The van der Waals surface area contributed by atoms with Crippen LogP contribution in [0.5, 0.6) is 0 Å². The summed E-state index contributed by atoms with van der Waals surface area (Å²) in [5.74, 6) is -0.320. The van der Waals surface area contributed by atoms with E-state index in [9.17, 15) is 22.0 Å². The molecular formula is C24H29F2N3O3S. The lowest BCUT2D eigenvalue weighted by molar-refractivity contribution is -0.136. The van der Waals surface area contributed by atoms with Gasteiger partial charge >= 0.3 is 0 Å². The van der Waals surface area contributed by atoms with Gasteiger partial charge < -0.3 is 4.90 Å². The van der Waals surface area contributed by atoms with Gasteiger partial charge in [0.1, 0.15) is 11.6 Å². The maximum absolute atomic E-state index is 14.4. The molecule has 33 heavy (non-hydrogen) atoms. The molecule has 1 atom stereocenters. The zero-order chi connectivity index (χ0) is 23.8. The summed E-state index contributed by atoms with van der Waals surface area (Å²) in [5.41, 5.74) is 1.46. The second-order valence-corrected chi connectivity index (χ2v) is 10.8. The molecule has 0 spiro atoms. The van der Waals surface area contributed by atoms with Gasteiger partial charge in [0, 0.05) is 38.6 Å². The Labute approximate surface area is 193 Å². The molecule has 2 fully saturated rings. The number of anilines is 1. The van der Waals surface area contributed by atoms with Gasteiger partial charge in [0.25, 0.3) is 10.0 Å². The summed E-state index contributed by atoms with van der Waals surface area (Å²) >= 11 is 0. The van der Waals surface area contributed by atoms with E-state index in [4.69, 9.17) is 0 Å². The van der Waals surface area contributed by atoms with Gasteiger partial charge in [0.2, 0.25) is 5.91 Å². The summed E-state index contributed by atoms with van der Waals surface area (Å²) in [5, 5.41) is 0. The Kier molecular flexibility index (Phi) is 6.72. The standard InChI is InChI=1S/C24H29F2N3O3S/c1-16-14-28(9-10-29(16)24(30)11-18-3-4-18)15-19-12-21(26)13-23(17(19)2)27-33(31,32)22-7-5-20(25)6-8-22/h5-8,12-13,16,18,27H,3-4,9-11,14-15H2,1-2H3/t16-/m0/s1. The van der Waals surface area contributed by atoms with Crippen molar-refractivity contribution in [3.63, 3.8) is 0 Å². The van der Waals surface area contributed by atoms with Crippen LogP contribution in [0.15, 0.2) is 41.3 Å². The number of benzene rings is 2. The molecule has 1 saturated carbocycles. The fraction of sp³-hybridized carbons (Fsp3) is 0.458. The summed E-state index contributed by atoms with van der Waals surface area (Å²) in [4.78, 5) is 16.5. The summed E-state index contributed by atoms with van der Waals surface area (Å²) in [6.07, 6.45) is 2.92. The summed E-state index contributed by atoms with van der Waals surface area (Å²) in [6, 6.07) is 7.09. The Morgan fingerprint density at radius 3 is 2.42 bits per heavy atom. The van der Waals surface area contributed by atoms with Crippen LogP contribution in [0, 0.1) is 24.5 Å². The van der Waals surface area contributed by atoms with Crippen LogP contribution in [0.3, 0.4) is 0 Å². The lowest BCUT2D eigenvalue weighted by Crippen LogP contribution is -2.53. The highest BCUT2D eigenvalue weighted by atomic mass is 32.2. The Morgan fingerprint density at radius 2 is 1.79 bits per heavy atom. The van der Waals surface area contributed by atoms with Gasteiger partial charge in [-0.15, -0.1) is 0 Å². The number of halogens is 2. The molecule has 1 heterocycles. The number of rotatable bonds is 7. The summed E-state index contributed by atoms with van der Waals surface area (Å²) in [7, 11) is -3.99. The number of carbonyl (C=O) groups excluding carboxylic acids is 1. The Bertz CT molecular complexity index is 1130. The van der Waals surface area contributed by atoms with Gasteiger partial charge in [-0.05, 0) is 80.1 Å². The van der Waals surface area contributed by atoms with Crippen molar-refractivity contribution in [1.82, 2.24) is 9.80 Å². The lowest BCUT2D eigenvalue weighted by Gasteiger charge is -2.40. The molecule has 0 aromatic heterocycles. The highest BCUT2D eigenvalue weighted by Gasteiger charge is 2.32. The highest BCUT2D eigenvalue weighted by Crippen LogP contribution is 2.33. The van der Waals surface area contributed by atoms with Crippen molar-refractivity contribution in [2.24, 2.45) is 5.92 Å². The zero-order valence-corrected chi connectivity index (χ0v) is 19.7. The minimum Gasteiger partial charge on any atom is -0.337 e. The number of hydrogen-bond donors (Lipinski definition) is 1. The maximum Gasteiger partial charge on any atom is 0.261 e. The Morgan fingerprint density at radius 1 is 1.09 bits per heavy atom. The van der Waals surface area contributed by atoms with Crippen molar-refractivity contribution in [3.05, 3.63) is 59.2 Å². The second kappa shape index (κ2) is 9.38. The first-order valence-electron chi connectivity index (χ1n) is 11.2. The molecule has 2 aromatic rings. The molecule has 1 aliphatic carbocycles. The van der Waals surface area contributed by atoms with Crippen LogP contribution in [-0.4, -0.2) is 49.8 Å². The van der Waals surface area contributed by atoms with E-state index in [1.807, 2.05) is 11.8 Å². The molecule has 0 radical (unpaired) electrons. The van der Waals surface area contributed by atoms with Crippen LogP contribution < -0.4 is 4.72 Å².